The SMILES string of the molecule is Clc1cc(C2CCCC2)nc(-c2ccco2)n1. The van der Waals surface area contributed by atoms with E-state index in [1.807, 2.05) is 18.2 Å². The molecule has 0 radical (unpaired) electrons. The Balaban J connectivity index is 2.00. The fourth-order valence-corrected chi connectivity index (χ4v) is 2.57. The Morgan fingerprint density at radius 2 is 2.06 bits per heavy atom. The maximum absolute atomic E-state index is 6.05. The van der Waals surface area contributed by atoms with Gasteiger partial charge < -0.3 is 4.42 Å². The standard InChI is InChI=1S/C13H13ClN2O/c14-12-8-10(9-4-1-2-5-9)15-13(16-12)11-6-3-7-17-11/h3,6-9H,1-2,4-5H2. The Hall–Kier alpha value is -1.35. The highest BCUT2D eigenvalue weighted by molar-refractivity contribution is 6.29. The van der Waals surface area contributed by atoms with Crippen LogP contribution in [0.25, 0.3) is 11.6 Å². The van der Waals surface area contributed by atoms with E-state index in [-0.39, 0.29) is 0 Å². The number of hydrogen-bond acceptors (Lipinski definition) is 3. The Morgan fingerprint density at radius 3 is 2.76 bits per heavy atom. The molecule has 3 rings (SSSR count). The predicted octanol–water partition coefficient (Wildman–Crippen LogP) is 4.05. The summed E-state index contributed by atoms with van der Waals surface area (Å²) in [6.07, 6.45) is 6.58. The monoisotopic (exact) mass is 248 g/mol. The number of hydrogen-bond donors (Lipinski definition) is 0. The average Bonchev–Trinajstić information content (AvgIpc) is 3.02. The minimum absolute atomic E-state index is 0.494. The maximum Gasteiger partial charge on any atom is 0.197 e. The molecule has 2 aromatic heterocycles. The first kappa shape index (κ1) is 10.8. The molecule has 2 heterocycles. The topological polar surface area (TPSA) is 38.9 Å². The summed E-state index contributed by atoms with van der Waals surface area (Å²) < 4.78 is 5.31. The van der Waals surface area contributed by atoms with Crippen LogP contribution < -0.4 is 0 Å². The van der Waals surface area contributed by atoms with Crippen molar-refractivity contribution in [2.45, 2.75) is 31.6 Å². The summed E-state index contributed by atoms with van der Waals surface area (Å²) >= 11 is 6.05. The number of aromatic nitrogens is 2. The smallest absolute Gasteiger partial charge is 0.197 e. The molecule has 1 aliphatic rings. The molecule has 1 aliphatic carbocycles. The molecule has 0 spiro atoms. The summed E-state index contributed by atoms with van der Waals surface area (Å²) in [5.41, 5.74) is 1.05. The maximum atomic E-state index is 6.05. The highest BCUT2D eigenvalue weighted by Crippen LogP contribution is 2.34. The van der Waals surface area contributed by atoms with Gasteiger partial charge >= 0.3 is 0 Å². The zero-order valence-electron chi connectivity index (χ0n) is 9.40. The summed E-state index contributed by atoms with van der Waals surface area (Å²) in [5, 5.41) is 0.494. The molecule has 0 amide bonds. The quantitative estimate of drug-likeness (QED) is 0.753. The summed E-state index contributed by atoms with van der Waals surface area (Å²) in [4.78, 5) is 8.78. The van der Waals surface area contributed by atoms with E-state index in [9.17, 15) is 0 Å². The molecule has 0 unspecified atom stereocenters. The molecule has 0 bridgehead atoms. The van der Waals surface area contributed by atoms with E-state index in [1.54, 1.807) is 6.26 Å². The van der Waals surface area contributed by atoms with Crippen LogP contribution in [0.15, 0.2) is 28.9 Å². The highest BCUT2D eigenvalue weighted by Gasteiger charge is 2.20. The summed E-state index contributed by atoms with van der Waals surface area (Å²) in [5.74, 6) is 1.79. The molecule has 0 aromatic carbocycles. The third-order valence-electron chi connectivity index (χ3n) is 3.23. The Labute approximate surface area is 105 Å². The zero-order valence-corrected chi connectivity index (χ0v) is 10.2. The summed E-state index contributed by atoms with van der Waals surface area (Å²) in [6.45, 7) is 0. The van der Waals surface area contributed by atoms with E-state index in [2.05, 4.69) is 9.97 Å². The van der Waals surface area contributed by atoms with Gasteiger partial charge in [-0.15, -0.1) is 0 Å². The van der Waals surface area contributed by atoms with Crippen LogP contribution in [-0.2, 0) is 0 Å². The van der Waals surface area contributed by atoms with Gasteiger partial charge in [-0.3, -0.25) is 0 Å². The molecule has 1 fully saturated rings. The fourth-order valence-electron chi connectivity index (χ4n) is 2.38. The Bertz CT molecular complexity index is 504. The molecule has 17 heavy (non-hydrogen) atoms. The van der Waals surface area contributed by atoms with Crippen molar-refractivity contribution in [1.29, 1.82) is 0 Å². The average molecular weight is 249 g/mol. The molecular formula is C13H13ClN2O. The third-order valence-corrected chi connectivity index (χ3v) is 3.42. The van der Waals surface area contributed by atoms with Crippen molar-refractivity contribution < 1.29 is 4.42 Å². The molecular weight excluding hydrogens is 236 g/mol. The lowest BCUT2D eigenvalue weighted by molar-refractivity contribution is 0.575. The van der Waals surface area contributed by atoms with Crippen LogP contribution in [-0.4, -0.2) is 9.97 Å². The number of rotatable bonds is 2. The zero-order chi connectivity index (χ0) is 11.7. The van der Waals surface area contributed by atoms with Crippen LogP contribution in [0.4, 0.5) is 0 Å². The second kappa shape index (κ2) is 4.49. The second-order valence-electron chi connectivity index (χ2n) is 4.40. The first-order chi connectivity index (χ1) is 8.33. The summed E-state index contributed by atoms with van der Waals surface area (Å²) in [6, 6.07) is 5.56. The second-order valence-corrected chi connectivity index (χ2v) is 4.79. The lowest BCUT2D eigenvalue weighted by Crippen LogP contribution is -2.00. The molecule has 0 N–H and O–H groups in total. The first-order valence-electron chi connectivity index (χ1n) is 5.91. The van der Waals surface area contributed by atoms with Gasteiger partial charge in [-0.05, 0) is 31.0 Å². The number of halogens is 1. The first-order valence-corrected chi connectivity index (χ1v) is 6.29. The minimum Gasteiger partial charge on any atom is -0.461 e. The predicted molar refractivity (Wildman–Crippen MR) is 66.0 cm³/mol. The minimum atomic E-state index is 0.494. The van der Waals surface area contributed by atoms with Gasteiger partial charge in [0.2, 0.25) is 0 Å². The molecule has 4 heteroatoms. The molecule has 1 saturated carbocycles. The van der Waals surface area contributed by atoms with Crippen molar-refractivity contribution in [2.24, 2.45) is 0 Å². The van der Waals surface area contributed by atoms with E-state index >= 15 is 0 Å². The Morgan fingerprint density at radius 1 is 1.24 bits per heavy atom. The lowest BCUT2D eigenvalue weighted by atomic mass is 10.0. The van der Waals surface area contributed by atoms with Crippen molar-refractivity contribution in [2.75, 3.05) is 0 Å². The van der Waals surface area contributed by atoms with Crippen molar-refractivity contribution in [3.8, 4) is 11.6 Å². The molecule has 3 nitrogen and oxygen atoms in total. The van der Waals surface area contributed by atoms with E-state index in [0.717, 1.165) is 5.69 Å². The van der Waals surface area contributed by atoms with Gasteiger partial charge in [0.25, 0.3) is 0 Å². The molecule has 2 aromatic rings. The van der Waals surface area contributed by atoms with Gasteiger partial charge in [0.05, 0.1) is 6.26 Å². The van der Waals surface area contributed by atoms with Gasteiger partial charge in [-0.1, -0.05) is 24.4 Å². The van der Waals surface area contributed by atoms with Crippen LogP contribution in [0.1, 0.15) is 37.3 Å². The van der Waals surface area contributed by atoms with E-state index in [4.69, 9.17) is 16.0 Å². The normalized spacial score (nSPS) is 16.5. The molecule has 88 valence electrons. The lowest BCUT2D eigenvalue weighted by Gasteiger charge is -2.09. The molecule has 0 atom stereocenters. The van der Waals surface area contributed by atoms with Crippen LogP contribution in [0.3, 0.4) is 0 Å². The van der Waals surface area contributed by atoms with Crippen LogP contribution >= 0.6 is 11.6 Å². The van der Waals surface area contributed by atoms with Gasteiger partial charge in [0.15, 0.2) is 11.6 Å². The van der Waals surface area contributed by atoms with Gasteiger partial charge in [0, 0.05) is 11.6 Å². The van der Waals surface area contributed by atoms with Crippen molar-refractivity contribution >= 4 is 11.6 Å². The van der Waals surface area contributed by atoms with Crippen molar-refractivity contribution in [3.05, 3.63) is 35.3 Å². The largest absolute Gasteiger partial charge is 0.461 e. The third kappa shape index (κ3) is 2.20. The molecule has 0 saturated heterocycles. The summed E-state index contributed by atoms with van der Waals surface area (Å²) in [7, 11) is 0. The van der Waals surface area contributed by atoms with Gasteiger partial charge in [0.1, 0.15) is 5.15 Å². The van der Waals surface area contributed by atoms with Crippen molar-refractivity contribution in [1.82, 2.24) is 9.97 Å². The molecule has 0 aliphatic heterocycles. The fraction of sp³-hybridized carbons (Fsp3) is 0.385. The van der Waals surface area contributed by atoms with Gasteiger partial charge in [-0.25, -0.2) is 9.97 Å². The van der Waals surface area contributed by atoms with E-state index < -0.39 is 0 Å². The van der Waals surface area contributed by atoms with E-state index in [1.165, 1.54) is 25.7 Å². The number of nitrogens with zero attached hydrogens (tertiary/aromatic N) is 2. The number of furan rings is 1. The highest BCUT2D eigenvalue weighted by atomic mass is 35.5. The Kier molecular flexibility index (Phi) is 2.85. The van der Waals surface area contributed by atoms with Crippen LogP contribution in [0, 0.1) is 0 Å². The van der Waals surface area contributed by atoms with E-state index in [0.29, 0.717) is 22.7 Å². The van der Waals surface area contributed by atoms with Crippen molar-refractivity contribution in [3.63, 3.8) is 0 Å². The van der Waals surface area contributed by atoms with Crippen LogP contribution in [0.5, 0.6) is 0 Å². The van der Waals surface area contributed by atoms with Gasteiger partial charge in [-0.2, -0.15) is 0 Å². The van der Waals surface area contributed by atoms with Crippen LogP contribution in [0.2, 0.25) is 5.15 Å².